The third kappa shape index (κ3) is 3.91. The Morgan fingerprint density at radius 2 is 2.09 bits per heavy atom. The van der Waals surface area contributed by atoms with E-state index >= 15 is 0 Å². The molecular formula is C18H25N3O2. The highest BCUT2D eigenvalue weighted by molar-refractivity contribution is 5.77. The fourth-order valence-electron chi connectivity index (χ4n) is 3.70. The van der Waals surface area contributed by atoms with Gasteiger partial charge in [0.2, 0.25) is 11.8 Å². The topological polar surface area (TPSA) is 75.4 Å². The summed E-state index contributed by atoms with van der Waals surface area (Å²) >= 11 is 0. The molecule has 3 rings (SSSR count). The molecule has 1 saturated heterocycles. The summed E-state index contributed by atoms with van der Waals surface area (Å²) in [6, 6.07) is 8.52. The van der Waals surface area contributed by atoms with Crippen LogP contribution in [-0.4, -0.2) is 36.3 Å². The van der Waals surface area contributed by atoms with E-state index in [1.54, 1.807) is 0 Å². The Morgan fingerprint density at radius 3 is 2.87 bits per heavy atom. The van der Waals surface area contributed by atoms with Crippen molar-refractivity contribution in [2.24, 2.45) is 11.7 Å². The molecule has 124 valence electrons. The molecule has 2 amide bonds. The van der Waals surface area contributed by atoms with Gasteiger partial charge in [0.1, 0.15) is 0 Å². The number of nitrogens with one attached hydrogen (secondary N) is 1. The van der Waals surface area contributed by atoms with Crippen LogP contribution in [0.4, 0.5) is 0 Å². The minimum atomic E-state index is -0.226. The van der Waals surface area contributed by atoms with Crippen molar-refractivity contribution >= 4 is 11.8 Å². The lowest BCUT2D eigenvalue weighted by atomic mass is 9.87. The van der Waals surface area contributed by atoms with Gasteiger partial charge in [-0.2, -0.15) is 0 Å². The number of benzene rings is 1. The molecule has 0 spiro atoms. The van der Waals surface area contributed by atoms with Gasteiger partial charge in [0, 0.05) is 19.5 Å². The summed E-state index contributed by atoms with van der Waals surface area (Å²) in [5, 5.41) is 3.18. The molecule has 0 bridgehead atoms. The second kappa shape index (κ2) is 7.13. The molecule has 1 aliphatic heterocycles. The number of likely N-dealkylation sites (tertiary alicyclic amines) is 1. The van der Waals surface area contributed by atoms with Crippen molar-refractivity contribution in [3.05, 3.63) is 35.4 Å². The van der Waals surface area contributed by atoms with Crippen LogP contribution in [0.3, 0.4) is 0 Å². The van der Waals surface area contributed by atoms with E-state index in [1.165, 1.54) is 11.1 Å². The van der Waals surface area contributed by atoms with Crippen molar-refractivity contribution in [3.63, 3.8) is 0 Å². The predicted molar refractivity (Wildman–Crippen MR) is 88.6 cm³/mol. The van der Waals surface area contributed by atoms with Gasteiger partial charge >= 0.3 is 0 Å². The summed E-state index contributed by atoms with van der Waals surface area (Å²) in [5.74, 6) is -0.187. The van der Waals surface area contributed by atoms with Crippen molar-refractivity contribution in [2.75, 3.05) is 19.6 Å². The molecule has 3 N–H and O–H groups in total. The lowest BCUT2D eigenvalue weighted by Crippen LogP contribution is -2.34. The maximum atomic E-state index is 12.3. The van der Waals surface area contributed by atoms with Gasteiger partial charge in [-0.15, -0.1) is 0 Å². The summed E-state index contributed by atoms with van der Waals surface area (Å²) in [6.07, 6.45) is 4.52. The number of carbonyl (C=O) groups excluding carboxylic acids is 2. The third-order valence-electron chi connectivity index (χ3n) is 5.03. The third-order valence-corrected chi connectivity index (χ3v) is 5.03. The molecule has 2 aliphatic rings. The summed E-state index contributed by atoms with van der Waals surface area (Å²) in [4.78, 5) is 25.6. The largest absolute Gasteiger partial charge is 0.369 e. The Balaban J connectivity index is 1.48. The van der Waals surface area contributed by atoms with Crippen LogP contribution < -0.4 is 11.1 Å². The van der Waals surface area contributed by atoms with Gasteiger partial charge < -0.3 is 16.0 Å². The summed E-state index contributed by atoms with van der Waals surface area (Å²) in [6.45, 7) is 2.24. The van der Waals surface area contributed by atoms with E-state index < -0.39 is 0 Å². The van der Waals surface area contributed by atoms with Gasteiger partial charge in [-0.1, -0.05) is 24.3 Å². The number of carbonyl (C=O) groups is 2. The molecule has 2 atom stereocenters. The van der Waals surface area contributed by atoms with Gasteiger partial charge in [0.05, 0.1) is 12.0 Å². The highest BCUT2D eigenvalue weighted by Crippen LogP contribution is 2.29. The lowest BCUT2D eigenvalue weighted by molar-refractivity contribution is -0.122. The molecule has 0 aromatic heterocycles. The van der Waals surface area contributed by atoms with Crippen LogP contribution >= 0.6 is 0 Å². The van der Waals surface area contributed by atoms with Gasteiger partial charge in [0.25, 0.3) is 0 Å². The SMILES string of the molecule is NC(=O)C1CCN(CCC(=O)NC2CCCc3ccccc32)C1. The van der Waals surface area contributed by atoms with Gasteiger partial charge in [-0.05, 0) is 43.4 Å². The van der Waals surface area contributed by atoms with Crippen molar-refractivity contribution < 1.29 is 9.59 Å². The second-order valence-corrected chi connectivity index (χ2v) is 6.65. The molecule has 1 aromatic rings. The highest BCUT2D eigenvalue weighted by Gasteiger charge is 2.27. The van der Waals surface area contributed by atoms with E-state index in [4.69, 9.17) is 5.73 Å². The number of rotatable bonds is 5. The molecule has 23 heavy (non-hydrogen) atoms. The number of nitrogens with two attached hydrogens (primary N) is 1. The van der Waals surface area contributed by atoms with Crippen LogP contribution in [0.2, 0.25) is 0 Å². The molecule has 5 nitrogen and oxygen atoms in total. The van der Waals surface area contributed by atoms with Crippen LogP contribution in [0.1, 0.15) is 42.9 Å². The minimum absolute atomic E-state index is 0.0525. The van der Waals surface area contributed by atoms with E-state index in [9.17, 15) is 9.59 Å². The zero-order valence-electron chi connectivity index (χ0n) is 13.5. The fourth-order valence-corrected chi connectivity index (χ4v) is 3.70. The first-order valence-corrected chi connectivity index (χ1v) is 8.52. The molecule has 1 aliphatic carbocycles. The molecule has 1 aromatic carbocycles. The molecule has 2 unspecified atom stereocenters. The van der Waals surface area contributed by atoms with Crippen molar-refractivity contribution in [1.29, 1.82) is 0 Å². The average molecular weight is 315 g/mol. The number of primary amides is 1. The number of nitrogens with zero attached hydrogens (tertiary/aromatic N) is 1. The molecule has 0 radical (unpaired) electrons. The number of amides is 2. The van der Waals surface area contributed by atoms with Crippen molar-refractivity contribution in [1.82, 2.24) is 10.2 Å². The number of hydrogen-bond acceptors (Lipinski definition) is 3. The van der Waals surface area contributed by atoms with E-state index in [0.717, 1.165) is 32.2 Å². The Hall–Kier alpha value is -1.88. The predicted octanol–water partition coefficient (Wildman–Crippen LogP) is 1.38. The zero-order valence-corrected chi connectivity index (χ0v) is 13.5. The Labute approximate surface area is 137 Å². The van der Waals surface area contributed by atoms with Gasteiger partial charge in [-0.25, -0.2) is 0 Å². The van der Waals surface area contributed by atoms with Crippen LogP contribution in [-0.2, 0) is 16.0 Å². The molecule has 1 fully saturated rings. The standard InChI is InChI=1S/C18H25N3O2/c19-18(23)14-8-10-21(12-14)11-9-17(22)20-16-7-3-5-13-4-1-2-6-15(13)16/h1-2,4,6,14,16H,3,5,7-12H2,(H2,19,23)(H,20,22). The first kappa shape index (κ1) is 16.0. The van der Waals surface area contributed by atoms with Gasteiger partial charge in [-0.3, -0.25) is 9.59 Å². The van der Waals surface area contributed by atoms with E-state index in [0.29, 0.717) is 19.5 Å². The van der Waals surface area contributed by atoms with Crippen LogP contribution in [0.5, 0.6) is 0 Å². The molecule has 1 heterocycles. The molecular weight excluding hydrogens is 290 g/mol. The Kier molecular flexibility index (Phi) is 4.96. The quantitative estimate of drug-likeness (QED) is 0.862. The zero-order chi connectivity index (χ0) is 16.2. The van der Waals surface area contributed by atoms with E-state index in [-0.39, 0.29) is 23.8 Å². The van der Waals surface area contributed by atoms with Crippen molar-refractivity contribution in [3.8, 4) is 0 Å². The van der Waals surface area contributed by atoms with Crippen LogP contribution in [0.15, 0.2) is 24.3 Å². The maximum absolute atomic E-state index is 12.3. The number of aryl methyl sites for hydroxylation is 1. The Morgan fingerprint density at radius 1 is 1.26 bits per heavy atom. The first-order chi connectivity index (χ1) is 11.1. The maximum Gasteiger partial charge on any atom is 0.221 e. The number of fused-ring (bicyclic) bond motifs is 1. The molecule has 0 saturated carbocycles. The first-order valence-electron chi connectivity index (χ1n) is 8.52. The summed E-state index contributed by atoms with van der Waals surface area (Å²) < 4.78 is 0. The normalized spacial score (nSPS) is 24.2. The second-order valence-electron chi connectivity index (χ2n) is 6.65. The van der Waals surface area contributed by atoms with Crippen molar-refractivity contribution in [2.45, 2.75) is 38.1 Å². The minimum Gasteiger partial charge on any atom is -0.369 e. The smallest absolute Gasteiger partial charge is 0.221 e. The summed E-state index contributed by atoms with van der Waals surface area (Å²) in [5.41, 5.74) is 7.96. The Bertz CT molecular complexity index is 587. The van der Waals surface area contributed by atoms with E-state index in [2.05, 4.69) is 28.4 Å². The fraction of sp³-hybridized carbons (Fsp3) is 0.556. The van der Waals surface area contributed by atoms with Gasteiger partial charge in [0.15, 0.2) is 0 Å². The monoisotopic (exact) mass is 315 g/mol. The van der Waals surface area contributed by atoms with Crippen LogP contribution in [0, 0.1) is 5.92 Å². The number of hydrogen-bond donors (Lipinski definition) is 2. The molecule has 5 heteroatoms. The van der Waals surface area contributed by atoms with Crippen LogP contribution in [0.25, 0.3) is 0 Å². The lowest BCUT2D eigenvalue weighted by Gasteiger charge is -2.26. The highest BCUT2D eigenvalue weighted by atomic mass is 16.2. The van der Waals surface area contributed by atoms with E-state index in [1.807, 2.05) is 6.07 Å². The summed E-state index contributed by atoms with van der Waals surface area (Å²) in [7, 11) is 0. The average Bonchev–Trinajstić information content (AvgIpc) is 3.03.